The van der Waals surface area contributed by atoms with Gasteiger partial charge in [-0.3, -0.25) is 9.48 Å². The summed E-state index contributed by atoms with van der Waals surface area (Å²) in [5.74, 6) is -1.77. The number of halogens is 1. The average Bonchev–Trinajstić information content (AvgIpc) is 2.87. The van der Waals surface area contributed by atoms with Gasteiger partial charge in [-0.05, 0) is 18.2 Å². The number of rotatable bonds is 3. The first-order valence-electron chi connectivity index (χ1n) is 5.69. The summed E-state index contributed by atoms with van der Waals surface area (Å²) in [5, 5.41) is 6.23. The molecule has 0 spiro atoms. The fourth-order valence-electron chi connectivity index (χ4n) is 1.60. The van der Waals surface area contributed by atoms with Gasteiger partial charge in [0.25, 0.3) is 5.91 Å². The molecular weight excluding hydrogens is 265 g/mol. The lowest BCUT2D eigenvalue weighted by Gasteiger charge is -2.07. The molecule has 0 aliphatic carbocycles. The Balaban J connectivity index is 2.24. The smallest absolute Gasteiger partial charge is 0.337 e. The van der Waals surface area contributed by atoms with Crippen LogP contribution in [-0.2, 0) is 11.8 Å². The minimum Gasteiger partial charge on any atom is -0.465 e. The maximum Gasteiger partial charge on any atom is 0.337 e. The second-order valence-corrected chi connectivity index (χ2v) is 4.04. The van der Waals surface area contributed by atoms with Gasteiger partial charge in [0.1, 0.15) is 5.82 Å². The summed E-state index contributed by atoms with van der Waals surface area (Å²) < 4.78 is 19.6. The number of ether oxygens (including phenoxy) is 1. The molecule has 1 aromatic carbocycles. The Morgan fingerprint density at radius 1 is 1.35 bits per heavy atom. The molecule has 0 saturated heterocycles. The standard InChI is InChI=1S/C13H12FN3O3/c1-17-7-9(6-15-17)12(18)16-11-5-8(13(19)20-2)3-4-10(11)14/h3-7H,1-2H3,(H,16,18). The van der Waals surface area contributed by atoms with Gasteiger partial charge in [-0.1, -0.05) is 0 Å². The summed E-state index contributed by atoms with van der Waals surface area (Å²) >= 11 is 0. The molecule has 6 nitrogen and oxygen atoms in total. The topological polar surface area (TPSA) is 73.2 Å². The van der Waals surface area contributed by atoms with Crippen molar-refractivity contribution in [2.24, 2.45) is 7.05 Å². The molecule has 0 radical (unpaired) electrons. The minimum atomic E-state index is -0.644. The van der Waals surface area contributed by atoms with Gasteiger partial charge in [0.15, 0.2) is 0 Å². The van der Waals surface area contributed by atoms with E-state index in [-0.39, 0.29) is 16.8 Å². The van der Waals surface area contributed by atoms with E-state index in [9.17, 15) is 14.0 Å². The number of esters is 1. The van der Waals surface area contributed by atoms with E-state index < -0.39 is 17.7 Å². The molecule has 0 saturated carbocycles. The van der Waals surface area contributed by atoms with Crippen LogP contribution in [-0.4, -0.2) is 28.8 Å². The second-order valence-electron chi connectivity index (χ2n) is 4.04. The molecule has 0 atom stereocenters. The molecule has 0 fully saturated rings. The van der Waals surface area contributed by atoms with E-state index in [4.69, 9.17) is 0 Å². The maximum atomic E-state index is 13.6. The van der Waals surface area contributed by atoms with Gasteiger partial charge in [-0.25, -0.2) is 9.18 Å². The minimum absolute atomic E-state index is 0.0956. The van der Waals surface area contributed by atoms with Crippen molar-refractivity contribution in [3.8, 4) is 0 Å². The number of amides is 1. The van der Waals surface area contributed by atoms with Crippen molar-refractivity contribution in [1.29, 1.82) is 0 Å². The Hall–Kier alpha value is -2.70. The Kier molecular flexibility index (Phi) is 3.79. The quantitative estimate of drug-likeness (QED) is 0.865. The van der Waals surface area contributed by atoms with Crippen molar-refractivity contribution < 1.29 is 18.7 Å². The van der Waals surface area contributed by atoms with Gasteiger partial charge in [0.05, 0.1) is 30.1 Å². The van der Waals surface area contributed by atoms with Gasteiger partial charge >= 0.3 is 5.97 Å². The lowest BCUT2D eigenvalue weighted by Crippen LogP contribution is -2.13. The molecule has 20 heavy (non-hydrogen) atoms. The van der Waals surface area contributed by atoms with Crippen LogP contribution in [0.1, 0.15) is 20.7 Å². The summed E-state index contributed by atoms with van der Waals surface area (Å²) in [6.45, 7) is 0. The van der Waals surface area contributed by atoms with Crippen molar-refractivity contribution in [2.45, 2.75) is 0 Å². The van der Waals surface area contributed by atoms with Crippen molar-refractivity contribution in [3.05, 3.63) is 47.5 Å². The van der Waals surface area contributed by atoms with Gasteiger partial charge in [0.2, 0.25) is 0 Å². The average molecular weight is 277 g/mol. The summed E-state index contributed by atoms with van der Waals surface area (Å²) in [6, 6.07) is 3.58. The first-order chi connectivity index (χ1) is 9.51. The maximum absolute atomic E-state index is 13.6. The molecule has 0 unspecified atom stereocenters. The number of methoxy groups -OCH3 is 1. The van der Waals surface area contributed by atoms with E-state index in [1.165, 1.54) is 36.3 Å². The number of nitrogens with zero attached hydrogens (tertiary/aromatic N) is 2. The SMILES string of the molecule is COC(=O)c1ccc(F)c(NC(=O)c2cnn(C)c2)c1. The van der Waals surface area contributed by atoms with Crippen LogP contribution in [0, 0.1) is 5.82 Å². The zero-order valence-corrected chi connectivity index (χ0v) is 10.9. The summed E-state index contributed by atoms with van der Waals surface area (Å²) in [5.41, 5.74) is 0.340. The third-order valence-electron chi connectivity index (χ3n) is 2.60. The Labute approximate surface area is 114 Å². The fraction of sp³-hybridized carbons (Fsp3) is 0.154. The van der Waals surface area contributed by atoms with E-state index in [1.54, 1.807) is 7.05 Å². The predicted octanol–water partition coefficient (Wildman–Crippen LogP) is 1.60. The normalized spacial score (nSPS) is 10.2. The van der Waals surface area contributed by atoms with Crippen LogP contribution in [0.3, 0.4) is 0 Å². The molecule has 2 aromatic rings. The molecule has 1 amide bonds. The van der Waals surface area contributed by atoms with E-state index in [0.29, 0.717) is 0 Å². The third-order valence-corrected chi connectivity index (χ3v) is 2.60. The first-order valence-corrected chi connectivity index (χ1v) is 5.69. The number of carbonyl (C=O) groups is 2. The molecule has 0 aliphatic heterocycles. The Morgan fingerprint density at radius 3 is 2.70 bits per heavy atom. The number of aromatic nitrogens is 2. The van der Waals surface area contributed by atoms with E-state index in [0.717, 1.165) is 6.07 Å². The molecule has 104 valence electrons. The molecule has 0 bridgehead atoms. The summed E-state index contributed by atoms with van der Waals surface area (Å²) in [4.78, 5) is 23.2. The largest absolute Gasteiger partial charge is 0.465 e. The van der Waals surface area contributed by atoms with Crippen molar-refractivity contribution >= 4 is 17.6 Å². The lowest BCUT2D eigenvalue weighted by molar-refractivity contribution is 0.0600. The van der Waals surface area contributed by atoms with Crippen LogP contribution >= 0.6 is 0 Å². The molecule has 7 heteroatoms. The van der Waals surface area contributed by atoms with Crippen LogP contribution in [0.4, 0.5) is 10.1 Å². The fourth-order valence-corrected chi connectivity index (χ4v) is 1.60. The van der Waals surface area contributed by atoms with Crippen molar-refractivity contribution in [2.75, 3.05) is 12.4 Å². The number of nitrogens with one attached hydrogen (secondary N) is 1. The third kappa shape index (κ3) is 2.82. The molecular formula is C13H12FN3O3. The van der Waals surface area contributed by atoms with Gasteiger partial charge in [-0.2, -0.15) is 5.10 Å². The van der Waals surface area contributed by atoms with E-state index in [1.807, 2.05) is 0 Å². The number of anilines is 1. The number of carbonyl (C=O) groups excluding carboxylic acids is 2. The molecule has 1 heterocycles. The lowest BCUT2D eigenvalue weighted by atomic mass is 10.2. The number of hydrogen-bond acceptors (Lipinski definition) is 4. The van der Waals surface area contributed by atoms with Crippen molar-refractivity contribution in [1.82, 2.24) is 9.78 Å². The zero-order valence-electron chi connectivity index (χ0n) is 10.9. The van der Waals surface area contributed by atoms with Gasteiger partial charge in [0, 0.05) is 13.2 Å². The zero-order chi connectivity index (χ0) is 14.7. The molecule has 2 rings (SSSR count). The highest BCUT2D eigenvalue weighted by molar-refractivity contribution is 6.04. The molecule has 0 aliphatic rings. The number of hydrogen-bond donors (Lipinski definition) is 1. The highest BCUT2D eigenvalue weighted by Gasteiger charge is 2.14. The Morgan fingerprint density at radius 2 is 2.10 bits per heavy atom. The van der Waals surface area contributed by atoms with Crippen LogP contribution < -0.4 is 5.32 Å². The van der Waals surface area contributed by atoms with Gasteiger partial charge < -0.3 is 10.1 Å². The van der Waals surface area contributed by atoms with Crippen LogP contribution in [0.15, 0.2) is 30.6 Å². The first kappa shape index (κ1) is 13.7. The summed E-state index contributed by atoms with van der Waals surface area (Å²) in [7, 11) is 2.88. The molecule has 1 N–H and O–H groups in total. The highest BCUT2D eigenvalue weighted by Crippen LogP contribution is 2.17. The highest BCUT2D eigenvalue weighted by atomic mass is 19.1. The summed E-state index contributed by atoms with van der Waals surface area (Å²) in [6.07, 6.45) is 2.86. The predicted molar refractivity (Wildman–Crippen MR) is 68.9 cm³/mol. The number of benzene rings is 1. The monoisotopic (exact) mass is 277 g/mol. The Bertz CT molecular complexity index is 667. The van der Waals surface area contributed by atoms with Gasteiger partial charge in [-0.15, -0.1) is 0 Å². The van der Waals surface area contributed by atoms with E-state index >= 15 is 0 Å². The van der Waals surface area contributed by atoms with Crippen molar-refractivity contribution in [3.63, 3.8) is 0 Å². The van der Waals surface area contributed by atoms with E-state index in [2.05, 4.69) is 15.2 Å². The van der Waals surface area contributed by atoms with Crippen LogP contribution in [0.25, 0.3) is 0 Å². The number of aryl methyl sites for hydroxylation is 1. The van der Waals surface area contributed by atoms with Crippen LogP contribution in [0.5, 0.6) is 0 Å². The molecule has 1 aromatic heterocycles. The second kappa shape index (κ2) is 5.52. The van der Waals surface area contributed by atoms with Crippen LogP contribution in [0.2, 0.25) is 0 Å².